The first-order valence-corrected chi connectivity index (χ1v) is 3.99. The van der Waals surface area contributed by atoms with E-state index >= 15 is 0 Å². The normalized spacial score (nSPS) is 12.0. The van der Waals surface area contributed by atoms with E-state index in [9.17, 15) is 27.7 Å². The lowest BCUT2D eigenvalue weighted by atomic mass is 10.1. The zero-order chi connectivity index (χ0) is 12.3. The van der Waals surface area contributed by atoms with Crippen LogP contribution in [0.25, 0.3) is 6.08 Å². The number of hydrogen-bond acceptors (Lipinski definition) is 2. The van der Waals surface area contributed by atoms with Crippen molar-refractivity contribution in [2.24, 2.45) is 0 Å². The van der Waals surface area contributed by atoms with Gasteiger partial charge in [0, 0.05) is 6.08 Å². The summed E-state index contributed by atoms with van der Waals surface area (Å²) < 4.78 is 49.8. The molecule has 7 heteroatoms. The van der Waals surface area contributed by atoms with E-state index in [2.05, 4.69) is 0 Å². The molecule has 0 heterocycles. The van der Waals surface area contributed by atoms with Crippen LogP contribution in [0, 0.1) is 15.9 Å². The number of hydrogen-bond donors (Lipinski definition) is 0. The highest BCUT2D eigenvalue weighted by atomic mass is 19.4. The summed E-state index contributed by atoms with van der Waals surface area (Å²) in [6, 6.07) is 1.77. The van der Waals surface area contributed by atoms with Gasteiger partial charge in [-0.1, -0.05) is 0 Å². The summed E-state index contributed by atoms with van der Waals surface area (Å²) in [5.41, 5.74) is -1.70. The molecule has 0 amide bonds. The zero-order valence-electron chi connectivity index (χ0n) is 7.66. The van der Waals surface area contributed by atoms with Gasteiger partial charge in [0.05, 0.1) is 10.5 Å². The van der Waals surface area contributed by atoms with Crippen LogP contribution < -0.4 is 0 Å². The standard InChI is InChI=1S/C9H5F4NO2/c10-7-1-2-8(9(11,12)13)6(5-7)3-4-14(15)16/h1-5H/b4-3+. The Hall–Kier alpha value is -1.92. The van der Waals surface area contributed by atoms with E-state index in [1.54, 1.807) is 0 Å². The SMILES string of the molecule is O=[N+]([O-])/C=C/c1cc(F)ccc1C(F)(F)F. The largest absolute Gasteiger partial charge is 0.416 e. The summed E-state index contributed by atoms with van der Waals surface area (Å²) >= 11 is 0. The van der Waals surface area contributed by atoms with Crippen molar-refractivity contribution in [3.63, 3.8) is 0 Å². The van der Waals surface area contributed by atoms with Crippen LogP contribution in [0.1, 0.15) is 11.1 Å². The quantitative estimate of drug-likeness (QED) is 0.449. The maximum atomic E-state index is 12.7. The van der Waals surface area contributed by atoms with Crippen molar-refractivity contribution in [1.29, 1.82) is 0 Å². The van der Waals surface area contributed by atoms with Crippen LogP contribution >= 0.6 is 0 Å². The van der Waals surface area contributed by atoms with Crippen LogP contribution in [0.5, 0.6) is 0 Å². The number of benzene rings is 1. The Morgan fingerprint density at radius 2 is 1.94 bits per heavy atom. The maximum Gasteiger partial charge on any atom is 0.416 e. The van der Waals surface area contributed by atoms with Crippen LogP contribution in [0.4, 0.5) is 17.6 Å². The van der Waals surface area contributed by atoms with Crippen LogP contribution in [0.15, 0.2) is 24.4 Å². The monoisotopic (exact) mass is 235 g/mol. The van der Waals surface area contributed by atoms with E-state index in [1.165, 1.54) is 0 Å². The summed E-state index contributed by atoms with van der Waals surface area (Å²) in [5, 5.41) is 9.96. The van der Waals surface area contributed by atoms with Gasteiger partial charge in [-0.25, -0.2) is 4.39 Å². The average Bonchev–Trinajstić information content (AvgIpc) is 2.12. The molecule has 0 saturated carbocycles. The van der Waals surface area contributed by atoms with Crippen molar-refractivity contribution in [3.05, 3.63) is 51.5 Å². The average molecular weight is 235 g/mol. The van der Waals surface area contributed by atoms with Crippen molar-refractivity contribution in [3.8, 4) is 0 Å². The van der Waals surface area contributed by atoms with Gasteiger partial charge in [-0.05, 0) is 23.8 Å². The van der Waals surface area contributed by atoms with Crippen molar-refractivity contribution in [2.75, 3.05) is 0 Å². The molecule has 0 bridgehead atoms. The summed E-state index contributed by atoms with van der Waals surface area (Å²) in [7, 11) is 0. The third kappa shape index (κ3) is 3.04. The lowest BCUT2D eigenvalue weighted by molar-refractivity contribution is -0.400. The first-order chi connectivity index (χ1) is 7.30. The lowest BCUT2D eigenvalue weighted by Gasteiger charge is -2.09. The van der Waals surface area contributed by atoms with E-state index in [-0.39, 0.29) is 0 Å². The highest BCUT2D eigenvalue weighted by Gasteiger charge is 2.32. The Labute approximate surface area is 87.2 Å². The molecule has 0 fully saturated rings. The summed E-state index contributed by atoms with van der Waals surface area (Å²) in [6.45, 7) is 0. The molecule has 0 aliphatic rings. The predicted octanol–water partition coefficient (Wildman–Crippen LogP) is 3.09. The number of halogens is 4. The number of alkyl halides is 3. The maximum absolute atomic E-state index is 12.7. The van der Waals surface area contributed by atoms with Gasteiger partial charge in [-0.15, -0.1) is 0 Å². The molecule has 16 heavy (non-hydrogen) atoms. The van der Waals surface area contributed by atoms with Gasteiger partial charge < -0.3 is 0 Å². The van der Waals surface area contributed by atoms with E-state index in [4.69, 9.17) is 0 Å². The second-order valence-electron chi connectivity index (χ2n) is 2.83. The first kappa shape index (κ1) is 12.2. The molecule has 0 atom stereocenters. The van der Waals surface area contributed by atoms with Gasteiger partial charge >= 0.3 is 6.18 Å². The van der Waals surface area contributed by atoms with Gasteiger partial charge in [-0.3, -0.25) is 10.1 Å². The van der Waals surface area contributed by atoms with Crippen molar-refractivity contribution in [2.45, 2.75) is 6.18 Å². The van der Waals surface area contributed by atoms with Gasteiger partial charge in [0.15, 0.2) is 0 Å². The number of rotatable bonds is 2. The van der Waals surface area contributed by atoms with Crippen molar-refractivity contribution in [1.82, 2.24) is 0 Å². The van der Waals surface area contributed by atoms with Gasteiger partial charge in [0.25, 0.3) is 0 Å². The second kappa shape index (κ2) is 4.30. The minimum Gasteiger partial charge on any atom is -0.259 e. The molecule has 86 valence electrons. The van der Waals surface area contributed by atoms with Crippen LogP contribution in [0.2, 0.25) is 0 Å². The van der Waals surface area contributed by atoms with Gasteiger partial charge in [-0.2, -0.15) is 13.2 Å². The fourth-order valence-corrected chi connectivity index (χ4v) is 1.07. The van der Waals surface area contributed by atoms with Crippen LogP contribution in [-0.2, 0) is 6.18 Å². The smallest absolute Gasteiger partial charge is 0.259 e. The molecule has 0 N–H and O–H groups in total. The fraction of sp³-hybridized carbons (Fsp3) is 0.111. The Morgan fingerprint density at radius 1 is 1.31 bits per heavy atom. The topological polar surface area (TPSA) is 43.1 Å². The third-order valence-electron chi connectivity index (χ3n) is 1.69. The molecule has 0 aromatic heterocycles. The van der Waals surface area contributed by atoms with Gasteiger partial charge in [0.1, 0.15) is 5.82 Å². The van der Waals surface area contributed by atoms with E-state index in [1.807, 2.05) is 0 Å². The first-order valence-electron chi connectivity index (χ1n) is 3.99. The molecule has 0 spiro atoms. The zero-order valence-corrected chi connectivity index (χ0v) is 7.66. The second-order valence-corrected chi connectivity index (χ2v) is 2.83. The highest BCUT2D eigenvalue weighted by molar-refractivity contribution is 5.53. The fourth-order valence-electron chi connectivity index (χ4n) is 1.07. The Balaban J connectivity index is 3.24. The molecule has 0 unspecified atom stereocenters. The van der Waals surface area contributed by atoms with Crippen LogP contribution in [-0.4, -0.2) is 4.92 Å². The number of nitro groups is 1. The van der Waals surface area contributed by atoms with E-state index < -0.39 is 28.0 Å². The molecule has 1 rings (SSSR count). The molecular weight excluding hydrogens is 230 g/mol. The minimum absolute atomic E-state index is 0.323. The molecule has 0 aliphatic carbocycles. The minimum atomic E-state index is -4.68. The van der Waals surface area contributed by atoms with E-state index in [0.29, 0.717) is 30.5 Å². The Bertz CT molecular complexity index is 440. The molecule has 1 aromatic carbocycles. The molecule has 0 radical (unpaired) electrons. The molecule has 0 saturated heterocycles. The third-order valence-corrected chi connectivity index (χ3v) is 1.69. The summed E-state index contributed by atoms with van der Waals surface area (Å²) in [6.07, 6.45) is -3.75. The highest BCUT2D eigenvalue weighted by Crippen LogP contribution is 2.32. The lowest BCUT2D eigenvalue weighted by Crippen LogP contribution is -2.07. The molecular formula is C9H5F4NO2. The Kier molecular flexibility index (Phi) is 3.26. The van der Waals surface area contributed by atoms with Crippen molar-refractivity contribution >= 4 is 6.08 Å². The predicted molar refractivity (Wildman–Crippen MR) is 47.4 cm³/mol. The van der Waals surface area contributed by atoms with Crippen LogP contribution in [0.3, 0.4) is 0 Å². The van der Waals surface area contributed by atoms with E-state index in [0.717, 1.165) is 0 Å². The van der Waals surface area contributed by atoms with Crippen molar-refractivity contribution < 1.29 is 22.5 Å². The Morgan fingerprint density at radius 3 is 2.44 bits per heavy atom. The molecule has 1 aromatic rings. The molecule has 0 aliphatic heterocycles. The molecule has 3 nitrogen and oxygen atoms in total. The summed E-state index contributed by atoms with van der Waals surface area (Å²) in [5.74, 6) is -0.893. The van der Waals surface area contributed by atoms with Gasteiger partial charge in [0.2, 0.25) is 6.20 Å². The number of nitrogens with zero attached hydrogens (tertiary/aromatic N) is 1. The summed E-state index contributed by atoms with van der Waals surface area (Å²) in [4.78, 5) is 9.04.